The van der Waals surface area contributed by atoms with E-state index in [0.29, 0.717) is 23.0 Å². The van der Waals surface area contributed by atoms with E-state index >= 15 is 0 Å². The summed E-state index contributed by atoms with van der Waals surface area (Å²) in [4.78, 5) is 16.9. The van der Waals surface area contributed by atoms with E-state index in [2.05, 4.69) is 20.5 Å². The fraction of sp³-hybridized carbons (Fsp3) is 0.0909. The number of nitrogens with one attached hydrogen (secondary N) is 1. The van der Waals surface area contributed by atoms with Crippen LogP contribution in [0.3, 0.4) is 0 Å². The van der Waals surface area contributed by atoms with Crippen LogP contribution in [-0.4, -0.2) is 25.5 Å². The molecule has 148 valence electrons. The molecule has 2 aromatic carbocycles. The van der Waals surface area contributed by atoms with Crippen LogP contribution in [0.2, 0.25) is 0 Å². The Bertz CT molecular complexity index is 1360. The zero-order chi connectivity index (χ0) is 20.5. The number of hydrogen-bond donors (Lipinski definition) is 1. The molecule has 3 aromatic heterocycles. The van der Waals surface area contributed by atoms with Gasteiger partial charge in [0.05, 0.1) is 17.3 Å². The lowest BCUT2D eigenvalue weighted by Gasteiger charge is -2.10. The first kappa shape index (κ1) is 17.9. The maximum atomic E-state index is 12.2. The molecule has 0 aliphatic carbocycles. The third kappa shape index (κ3) is 3.14. The topological polar surface area (TPSA) is 94.6 Å². The summed E-state index contributed by atoms with van der Waals surface area (Å²) in [6.45, 7) is 2.03. The van der Waals surface area contributed by atoms with Crippen molar-refractivity contribution in [1.82, 2.24) is 19.6 Å². The Morgan fingerprint density at radius 3 is 2.83 bits per heavy atom. The van der Waals surface area contributed by atoms with E-state index in [9.17, 15) is 4.79 Å². The molecule has 1 N–H and O–H groups in total. The summed E-state index contributed by atoms with van der Waals surface area (Å²) < 4.78 is 13.1. The van der Waals surface area contributed by atoms with Crippen molar-refractivity contribution in [2.24, 2.45) is 0 Å². The van der Waals surface area contributed by atoms with Gasteiger partial charge in [0.25, 0.3) is 11.8 Å². The highest BCUT2D eigenvalue weighted by molar-refractivity contribution is 6.02. The molecule has 5 rings (SSSR count). The van der Waals surface area contributed by atoms with Crippen molar-refractivity contribution < 1.29 is 13.9 Å². The normalized spacial score (nSPS) is 11.1. The highest BCUT2D eigenvalue weighted by atomic mass is 16.5. The molecule has 8 nitrogen and oxygen atoms in total. The number of carbonyl (C=O) groups excluding carboxylic acids is 1. The van der Waals surface area contributed by atoms with E-state index in [1.807, 2.05) is 35.6 Å². The Morgan fingerprint density at radius 1 is 1.10 bits per heavy atom. The number of aryl methyl sites for hydroxylation is 1. The van der Waals surface area contributed by atoms with Gasteiger partial charge in [0.15, 0.2) is 5.76 Å². The van der Waals surface area contributed by atoms with Gasteiger partial charge in [0.2, 0.25) is 5.65 Å². The molecule has 5 aromatic rings. The first-order valence-corrected chi connectivity index (χ1v) is 9.48. The molecule has 0 aliphatic rings. The first-order chi connectivity index (χ1) is 14.7. The Balaban J connectivity index is 1.51. The smallest absolute Gasteiger partial charge is 0.291 e. The van der Waals surface area contributed by atoms with Crippen molar-refractivity contribution >= 4 is 28.3 Å². The monoisotopic (exact) mass is 399 g/mol. The SMILES string of the molecule is CCc1nnc2c(Oc3cccc(NC(=O)c4ccco4)c3)nc3ccccc3n12. The molecular formula is C22H17N5O3. The van der Waals surface area contributed by atoms with Crippen molar-refractivity contribution in [1.29, 1.82) is 0 Å². The highest BCUT2D eigenvalue weighted by Crippen LogP contribution is 2.29. The number of anilines is 1. The second-order valence-corrected chi connectivity index (χ2v) is 6.60. The maximum Gasteiger partial charge on any atom is 0.291 e. The number of aromatic nitrogens is 4. The molecule has 0 saturated carbocycles. The van der Waals surface area contributed by atoms with Gasteiger partial charge < -0.3 is 14.5 Å². The minimum atomic E-state index is -0.339. The van der Waals surface area contributed by atoms with Gasteiger partial charge in [0.1, 0.15) is 11.6 Å². The molecule has 0 fully saturated rings. The van der Waals surface area contributed by atoms with E-state index in [1.54, 1.807) is 36.4 Å². The molecule has 8 heteroatoms. The van der Waals surface area contributed by atoms with Crippen LogP contribution in [-0.2, 0) is 6.42 Å². The summed E-state index contributed by atoms with van der Waals surface area (Å²) in [5.41, 5.74) is 2.80. The summed E-state index contributed by atoms with van der Waals surface area (Å²) in [6.07, 6.45) is 2.18. The second kappa shape index (κ2) is 7.32. The van der Waals surface area contributed by atoms with E-state index in [0.717, 1.165) is 23.3 Å². The van der Waals surface area contributed by atoms with Crippen LogP contribution in [0.25, 0.3) is 16.7 Å². The van der Waals surface area contributed by atoms with E-state index < -0.39 is 0 Å². The average Bonchev–Trinajstić information content (AvgIpc) is 3.44. The number of ether oxygens (including phenoxy) is 1. The fourth-order valence-electron chi connectivity index (χ4n) is 3.26. The predicted molar refractivity (Wildman–Crippen MR) is 111 cm³/mol. The lowest BCUT2D eigenvalue weighted by atomic mass is 10.3. The quantitative estimate of drug-likeness (QED) is 0.468. The van der Waals surface area contributed by atoms with Crippen LogP contribution < -0.4 is 10.1 Å². The molecule has 0 unspecified atom stereocenters. The summed E-state index contributed by atoms with van der Waals surface area (Å²) >= 11 is 0. The van der Waals surface area contributed by atoms with Crippen molar-refractivity contribution in [3.05, 3.63) is 78.5 Å². The molecule has 0 radical (unpaired) electrons. The van der Waals surface area contributed by atoms with E-state index in [-0.39, 0.29) is 11.7 Å². The Morgan fingerprint density at radius 2 is 2.00 bits per heavy atom. The molecule has 3 heterocycles. The molecule has 0 bridgehead atoms. The minimum absolute atomic E-state index is 0.231. The van der Waals surface area contributed by atoms with Crippen LogP contribution in [0.1, 0.15) is 23.3 Å². The van der Waals surface area contributed by atoms with Crippen LogP contribution >= 0.6 is 0 Å². The molecule has 1 amide bonds. The third-order valence-corrected chi connectivity index (χ3v) is 4.63. The van der Waals surface area contributed by atoms with Gasteiger partial charge in [-0.3, -0.25) is 9.20 Å². The van der Waals surface area contributed by atoms with Crippen molar-refractivity contribution in [3.8, 4) is 11.6 Å². The van der Waals surface area contributed by atoms with E-state index in [4.69, 9.17) is 9.15 Å². The Labute approximate surface area is 171 Å². The summed E-state index contributed by atoms with van der Waals surface area (Å²) in [7, 11) is 0. The van der Waals surface area contributed by atoms with E-state index in [1.165, 1.54) is 6.26 Å². The summed E-state index contributed by atoms with van der Waals surface area (Å²) in [5, 5.41) is 11.3. The number of para-hydroxylation sites is 2. The van der Waals surface area contributed by atoms with Gasteiger partial charge in [-0.2, -0.15) is 0 Å². The van der Waals surface area contributed by atoms with Crippen LogP contribution in [0.5, 0.6) is 11.6 Å². The van der Waals surface area contributed by atoms with Gasteiger partial charge >= 0.3 is 0 Å². The number of fused-ring (bicyclic) bond motifs is 3. The predicted octanol–water partition coefficient (Wildman–Crippen LogP) is 4.48. The van der Waals surface area contributed by atoms with Crippen molar-refractivity contribution in [2.45, 2.75) is 13.3 Å². The van der Waals surface area contributed by atoms with Crippen LogP contribution in [0.4, 0.5) is 5.69 Å². The molecule has 30 heavy (non-hydrogen) atoms. The van der Waals surface area contributed by atoms with Gasteiger partial charge in [-0.25, -0.2) is 4.98 Å². The first-order valence-electron chi connectivity index (χ1n) is 9.48. The highest BCUT2D eigenvalue weighted by Gasteiger charge is 2.16. The van der Waals surface area contributed by atoms with Gasteiger partial charge in [0, 0.05) is 18.2 Å². The Hall–Kier alpha value is -4.20. The molecule has 0 aliphatic heterocycles. The number of rotatable bonds is 5. The van der Waals surface area contributed by atoms with Gasteiger partial charge in [-0.05, 0) is 36.4 Å². The number of amides is 1. The zero-order valence-electron chi connectivity index (χ0n) is 16.1. The molecular weight excluding hydrogens is 382 g/mol. The lowest BCUT2D eigenvalue weighted by molar-refractivity contribution is 0.0996. The largest absolute Gasteiger partial charge is 0.459 e. The average molecular weight is 399 g/mol. The number of nitrogens with zero attached hydrogens (tertiary/aromatic N) is 4. The van der Waals surface area contributed by atoms with Gasteiger partial charge in [-0.15, -0.1) is 10.2 Å². The standard InChI is InChI=1S/C22H17N5O3/c1-2-19-25-26-20-22(24-16-9-3-4-10-17(16)27(19)20)30-15-8-5-7-14(13-15)23-21(28)18-11-6-12-29-18/h3-13H,2H2,1H3,(H,23,28). The number of hydrogen-bond acceptors (Lipinski definition) is 6. The summed E-state index contributed by atoms with van der Waals surface area (Å²) in [6, 6.07) is 18.1. The third-order valence-electron chi connectivity index (χ3n) is 4.63. The Kier molecular flexibility index (Phi) is 4.36. The molecule has 0 atom stereocenters. The minimum Gasteiger partial charge on any atom is -0.459 e. The molecule has 0 saturated heterocycles. The lowest BCUT2D eigenvalue weighted by Crippen LogP contribution is -2.10. The second-order valence-electron chi connectivity index (χ2n) is 6.60. The number of carbonyl (C=O) groups is 1. The zero-order valence-corrected chi connectivity index (χ0v) is 16.1. The molecule has 0 spiro atoms. The van der Waals surface area contributed by atoms with Crippen LogP contribution in [0, 0.1) is 0 Å². The van der Waals surface area contributed by atoms with Crippen molar-refractivity contribution in [3.63, 3.8) is 0 Å². The number of furan rings is 1. The maximum absolute atomic E-state index is 12.2. The van der Waals surface area contributed by atoms with Gasteiger partial charge in [-0.1, -0.05) is 25.1 Å². The van der Waals surface area contributed by atoms with Crippen LogP contribution in [0.15, 0.2) is 71.3 Å². The van der Waals surface area contributed by atoms with Crippen molar-refractivity contribution in [2.75, 3.05) is 5.32 Å². The fourth-order valence-corrected chi connectivity index (χ4v) is 3.26. The summed E-state index contributed by atoms with van der Waals surface area (Å²) in [5.74, 6) is 1.57. The number of benzene rings is 2.